The molecule has 0 fully saturated rings. The molecule has 0 rings (SSSR count). The number of quaternary nitrogens is 1. The lowest BCUT2D eigenvalue weighted by molar-refractivity contribution is -0.873. The number of carbonyl (C=O) groups is 2. The first-order chi connectivity index (χ1) is 15.1. The molecule has 0 bridgehead atoms. The van der Waals surface area contributed by atoms with Crippen molar-refractivity contribution in [3.05, 3.63) is 0 Å². The third-order valence-corrected chi connectivity index (χ3v) is 6.23. The van der Waals surface area contributed by atoms with Crippen molar-refractivity contribution < 1.29 is 23.9 Å². The normalized spacial score (nSPS) is 13.7. The first-order valence-corrected chi connectivity index (χ1v) is 13.4. The Morgan fingerprint density at radius 1 is 0.781 bits per heavy atom. The van der Waals surface area contributed by atoms with Gasteiger partial charge in [-0.2, -0.15) is 0 Å². The van der Waals surface area contributed by atoms with E-state index < -0.39 is 12.1 Å². The number of carboxylic acid groups (broad SMARTS) is 1. The van der Waals surface area contributed by atoms with Crippen LogP contribution >= 0.6 is 0 Å². The minimum Gasteiger partial charge on any atom is -0.481 e. The molecule has 0 aromatic heterocycles. The van der Waals surface area contributed by atoms with E-state index in [0.29, 0.717) is 17.4 Å². The number of hydrogen-bond donors (Lipinski definition) is 1. The standard InChI is InChI=1S/C27H53NO4/c1-6-24(2)20-18-16-14-12-10-8-7-9-11-13-15-17-19-21-27(31)32-25(22-26(29)30)23-28(3,4)5/h24-25H,6-23H2,1-5H3/p+1. The van der Waals surface area contributed by atoms with Crippen LogP contribution in [0, 0.1) is 5.92 Å². The Morgan fingerprint density at radius 3 is 1.62 bits per heavy atom. The SMILES string of the molecule is CCC(C)CCCCCCCCCCCCCCCC(=O)OC(CC(=O)O)C[N+](C)(C)C. The quantitative estimate of drug-likeness (QED) is 0.108. The van der Waals surface area contributed by atoms with Crippen LogP contribution in [0.3, 0.4) is 0 Å². The van der Waals surface area contributed by atoms with Gasteiger partial charge in [0.1, 0.15) is 6.54 Å². The zero-order valence-corrected chi connectivity index (χ0v) is 22.0. The third-order valence-electron chi connectivity index (χ3n) is 6.23. The number of esters is 1. The molecule has 0 aliphatic heterocycles. The highest BCUT2D eigenvalue weighted by atomic mass is 16.5. The van der Waals surface area contributed by atoms with Crippen LogP contribution in [-0.2, 0) is 14.3 Å². The van der Waals surface area contributed by atoms with Gasteiger partial charge in [0, 0.05) is 6.42 Å². The van der Waals surface area contributed by atoms with Crippen molar-refractivity contribution in [2.24, 2.45) is 5.92 Å². The summed E-state index contributed by atoms with van der Waals surface area (Å²) in [6, 6.07) is 0. The maximum absolute atomic E-state index is 12.1. The Hall–Kier alpha value is -1.10. The van der Waals surface area contributed by atoms with Crippen molar-refractivity contribution in [2.75, 3.05) is 27.7 Å². The molecule has 0 saturated carbocycles. The number of aliphatic carboxylic acids is 1. The topological polar surface area (TPSA) is 63.6 Å². The van der Waals surface area contributed by atoms with E-state index in [4.69, 9.17) is 9.84 Å². The Bertz CT molecular complexity index is 473. The molecule has 2 unspecified atom stereocenters. The van der Waals surface area contributed by atoms with Crippen LogP contribution in [-0.4, -0.2) is 55.3 Å². The van der Waals surface area contributed by atoms with E-state index in [9.17, 15) is 9.59 Å². The highest BCUT2D eigenvalue weighted by Crippen LogP contribution is 2.16. The molecule has 0 aromatic carbocycles. The van der Waals surface area contributed by atoms with Gasteiger partial charge in [-0.15, -0.1) is 0 Å². The van der Waals surface area contributed by atoms with Crippen LogP contribution in [0.2, 0.25) is 0 Å². The van der Waals surface area contributed by atoms with Crippen molar-refractivity contribution >= 4 is 11.9 Å². The number of rotatable bonds is 22. The summed E-state index contributed by atoms with van der Waals surface area (Å²) in [5, 5.41) is 9.03. The van der Waals surface area contributed by atoms with Gasteiger partial charge in [-0.3, -0.25) is 9.59 Å². The predicted molar refractivity (Wildman–Crippen MR) is 134 cm³/mol. The lowest BCUT2D eigenvalue weighted by atomic mass is 9.99. The number of ether oxygens (including phenoxy) is 1. The van der Waals surface area contributed by atoms with E-state index >= 15 is 0 Å². The number of likely N-dealkylation sites (N-methyl/N-ethyl adjacent to an activating group) is 1. The second-order valence-corrected chi connectivity index (χ2v) is 10.8. The minimum atomic E-state index is -0.923. The van der Waals surface area contributed by atoms with E-state index in [1.165, 1.54) is 83.5 Å². The molecule has 5 nitrogen and oxygen atoms in total. The Kier molecular flexibility index (Phi) is 18.7. The largest absolute Gasteiger partial charge is 0.481 e. The van der Waals surface area contributed by atoms with E-state index in [1.54, 1.807) is 0 Å². The smallest absolute Gasteiger partial charge is 0.307 e. The zero-order chi connectivity index (χ0) is 24.2. The molecule has 2 atom stereocenters. The fourth-order valence-electron chi connectivity index (χ4n) is 4.10. The van der Waals surface area contributed by atoms with Crippen molar-refractivity contribution in [1.29, 1.82) is 0 Å². The molecular weight excluding hydrogens is 402 g/mol. The molecule has 5 heteroatoms. The van der Waals surface area contributed by atoms with Crippen LogP contribution in [0.15, 0.2) is 0 Å². The van der Waals surface area contributed by atoms with Crippen molar-refractivity contribution in [3.8, 4) is 0 Å². The molecule has 0 aromatic rings. The number of carbonyl (C=O) groups excluding carboxylic acids is 1. The Balaban J connectivity index is 3.53. The number of carboxylic acids is 1. The van der Waals surface area contributed by atoms with Crippen LogP contribution in [0.1, 0.15) is 123 Å². The Labute approximate surface area is 198 Å². The monoisotopic (exact) mass is 456 g/mol. The molecule has 0 aliphatic rings. The van der Waals surface area contributed by atoms with Gasteiger partial charge in [0.25, 0.3) is 0 Å². The molecule has 32 heavy (non-hydrogen) atoms. The van der Waals surface area contributed by atoms with Crippen molar-refractivity contribution in [2.45, 2.75) is 129 Å². The zero-order valence-electron chi connectivity index (χ0n) is 22.0. The molecule has 1 N–H and O–H groups in total. The lowest BCUT2D eigenvalue weighted by Crippen LogP contribution is -2.43. The molecular formula is C27H54NO4+. The fourth-order valence-corrected chi connectivity index (χ4v) is 4.10. The summed E-state index contributed by atoms with van der Waals surface area (Å²) in [4.78, 5) is 23.1. The third kappa shape index (κ3) is 22.1. The van der Waals surface area contributed by atoms with Gasteiger partial charge in [0.2, 0.25) is 0 Å². The lowest BCUT2D eigenvalue weighted by Gasteiger charge is -2.28. The molecule has 0 spiro atoms. The van der Waals surface area contributed by atoms with Crippen molar-refractivity contribution in [1.82, 2.24) is 0 Å². The average Bonchev–Trinajstić information content (AvgIpc) is 2.68. The fraction of sp³-hybridized carbons (Fsp3) is 0.926. The maximum Gasteiger partial charge on any atom is 0.307 e. The van der Waals surface area contributed by atoms with Gasteiger partial charge in [0.15, 0.2) is 6.10 Å². The summed E-state index contributed by atoms with van der Waals surface area (Å²) in [5.41, 5.74) is 0. The highest BCUT2D eigenvalue weighted by Gasteiger charge is 2.24. The summed E-state index contributed by atoms with van der Waals surface area (Å²) in [6.45, 7) is 5.16. The minimum absolute atomic E-state index is 0.126. The van der Waals surface area contributed by atoms with E-state index in [0.717, 1.165) is 18.8 Å². The summed E-state index contributed by atoms with van der Waals surface area (Å²) in [6.07, 6.45) is 19.1. The van der Waals surface area contributed by atoms with Gasteiger partial charge >= 0.3 is 11.9 Å². The second kappa shape index (κ2) is 19.4. The van der Waals surface area contributed by atoms with Gasteiger partial charge in [0.05, 0.1) is 27.6 Å². The summed E-state index contributed by atoms with van der Waals surface area (Å²) < 4.78 is 6.00. The number of nitrogens with zero attached hydrogens (tertiary/aromatic N) is 1. The molecule has 190 valence electrons. The van der Waals surface area contributed by atoms with Crippen molar-refractivity contribution in [3.63, 3.8) is 0 Å². The number of unbranched alkanes of at least 4 members (excludes halogenated alkanes) is 12. The molecule has 0 radical (unpaired) electrons. The average molecular weight is 457 g/mol. The van der Waals surface area contributed by atoms with Crippen LogP contribution in [0.4, 0.5) is 0 Å². The first-order valence-electron chi connectivity index (χ1n) is 13.4. The second-order valence-electron chi connectivity index (χ2n) is 10.8. The maximum atomic E-state index is 12.1. The highest BCUT2D eigenvalue weighted by molar-refractivity contribution is 5.71. The molecule has 0 heterocycles. The van der Waals surface area contributed by atoms with Gasteiger partial charge in [-0.1, -0.05) is 104 Å². The molecule has 0 aliphatic carbocycles. The van der Waals surface area contributed by atoms with E-state index in [1.807, 2.05) is 21.1 Å². The summed E-state index contributed by atoms with van der Waals surface area (Å²) in [7, 11) is 5.91. The van der Waals surface area contributed by atoms with Crippen LogP contribution in [0.25, 0.3) is 0 Å². The van der Waals surface area contributed by atoms with Gasteiger partial charge in [-0.05, 0) is 12.3 Å². The molecule has 0 amide bonds. The van der Waals surface area contributed by atoms with E-state index in [2.05, 4.69) is 13.8 Å². The van der Waals surface area contributed by atoms with Gasteiger partial charge < -0.3 is 14.3 Å². The van der Waals surface area contributed by atoms with Crippen LogP contribution < -0.4 is 0 Å². The molecule has 0 saturated heterocycles. The Morgan fingerprint density at radius 2 is 1.22 bits per heavy atom. The number of hydrogen-bond acceptors (Lipinski definition) is 3. The summed E-state index contributed by atoms with van der Waals surface area (Å²) in [5.74, 6) is -0.282. The predicted octanol–water partition coefficient (Wildman–Crippen LogP) is 6.98. The van der Waals surface area contributed by atoms with Crippen LogP contribution in [0.5, 0.6) is 0 Å². The first kappa shape index (κ1) is 30.9. The summed E-state index contributed by atoms with van der Waals surface area (Å²) >= 11 is 0. The van der Waals surface area contributed by atoms with E-state index in [-0.39, 0.29) is 12.4 Å². The van der Waals surface area contributed by atoms with Gasteiger partial charge in [-0.25, -0.2) is 0 Å².